The Labute approximate surface area is 330 Å². The summed E-state index contributed by atoms with van der Waals surface area (Å²) in [6, 6.07) is 66.6. The number of allylic oxidation sites excluding steroid dienone is 3. The van der Waals surface area contributed by atoms with Crippen molar-refractivity contribution in [3.8, 4) is 22.3 Å². The summed E-state index contributed by atoms with van der Waals surface area (Å²) >= 11 is 0. The van der Waals surface area contributed by atoms with Crippen LogP contribution in [0.25, 0.3) is 44.3 Å². The maximum Gasteiger partial charge on any atom is 0.0503 e. The average Bonchev–Trinajstić information content (AvgIpc) is 3.26. The lowest BCUT2D eigenvalue weighted by Crippen LogP contribution is -2.20. The molecule has 0 unspecified atom stereocenters. The summed E-state index contributed by atoms with van der Waals surface area (Å²) in [5.41, 5.74) is 19.8. The fraction of sp³-hybridized carbons (Fsp3) is 0.0741. The fourth-order valence-electron chi connectivity index (χ4n) is 8.59. The van der Waals surface area contributed by atoms with E-state index in [0.717, 1.165) is 35.6 Å². The molecule has 2 heteroatoms. The van der Waals surface area contributed by atoms with Gasteiger partial charge in [-0.3, -0.25) is 0 Å². The number of anilines is 5. The molecule has 0 saturated heterocycles. The van der Waals surface area contributed by atoms with Crippen molar-refractivity contribution in [1.82, 2.24) is 0 Å². The van der Waals surface area contributed by atoms with Gasteiger partial charge in [0.05, 0.1) is 11.4 Å². The molecule has 0 N–H and O–H groups in total. The minimum atomic E-state index is 0.884. The summed E-state index contributed by atoms with van der Waals surface area (Å²) in [4.78, 5) is 4.90. The van der Waals surface area contributed by atoms with E-state index >= 15 is 0 Å². The highest BCUT2D eigenvalue weighted by Crippen LogP contribution is 2.50. The lowest BCUT2D eigenvalue weighted by molar-refractivity contribution is 1.17. The molecule has 8 aromatic carbocycles. The summed E-state index contributed by atoms with van der Waals surface area (Å²) in [6.45, 7) is 4.31. The average molecular weight is 719 g/mol. The Morgan fingerprint density at radius 3 is 1.39 bits per heavy atom. The normalized spacial score (nSPS) is 12.9. The Bertz CT molecular complexity index is 2760. The van der Waals surface area contributed by atoms with Crippen molar-refractivity contribution < 1.29 is 0 Å². The summed E-state index contributed by atoms with van der Waals surface area (Å²) in [6.07, 6.45) is 6.69. The van der Waals surface area contributed by atoms with Crippen LogP contribution in [-0.4, -0.2) is 0 Å². The highest BCUT2D eigenvalue weighted by molar-refractivity contribution is 6.09. The van der Waals surface area contributed by atoms with E-state index in [-0.39, 0.29) is 0 Å². The van der Waals surface area contributed by atoms with Crippen LogP contribution in [0.15, 0.2) is 194 Å². The van der Waals surface area contributed by atoms with E-state index in [1.807, 2.05) is 0 Å². The lowest BCUT2D eigenvalue weighted by atomic mass is 9.79. The second kappa shape index (κ2) is 14.1. The molecular formula is C54H42N2. The van der Waals surface area contributed by atoms with Crippen LogP contribution in [-0.2, 0) is 6.42 Å². The van der Waals surface area contributed by atoms with Crippen LogP contribution in [0, 0.1) is 13.8 Å². The molecule has 2 aliphatic rings. The maximum absolute atomic E-state index is 2.48. The van der Waals surface area contributed by atoms with Gasteiger partial charge in [0, 0.05) is 28.3 Å². The van der Waals surface area contributed by atoms with E-state index in [4.69, 9.17) is 0 Å². The standard InChI is InChI=1S/C54H42N2/c1-37-13-25-45(26-14-37)55(47-29-17-41(18-30-47)39-9-5-3-6-10-39)51-35-23-43-22-34-50-52(36-24-44-21-33-49(51)53(43)54(44)50)56(46-27-15-38(2)16-28-46)48-31-19-42(20-32-48)40-11-7-4-8-12-40/h3-23,25-32,34-36H,24,33H2,1-2H3. The Morgan fingerprint density at radius 2 is 0.857 bits per heavy atom. The SMILES string of the molecule is Cc1ccc(N(C2=CCC3=CCc4c(N(c5ccc(C)cc5)c5ccc(-c6ccccc6)cc5)ccc5ccc2c3c45)c2ccc(-c3ccccc3)cc2)cc1. The number of hydrogen-bond donors (Lipinski definition) is 0. The predicted molar refractivity (Wildman–Crippen MR) is 238 cm³/mol. The van der Waals surface area contributed by atoms with Crippen LogP contribution in [0.1, 0.15) is 34.2 Å². The minimum absolute atomic E-state index is 0.884. The van der Waals surface area contributed by atoms with Gasteiger partial charge in [0.1, 0.15) is 0 Å². The molecule has 0 atom stereocenters. The van der Waals surface area contributed by atoms with E-state index in [1.165, 1.54) is 77.8 Å². The number of benzene rings is 8. The molecule has 0 fully saturated rings. The first-order valence-electron chi connectivity index (χ1n) is 19.6. The van der Waals surface area contributed by atoms with E-state index < -0.39 is 0 Å². The lowest BCUT2D eigenvalue weighted by Gasteiger charge is -2.35. The van der Waals surface area contributed by atoms with Crippen LogP contribution in [0.4, 0.5) is 28.4 Å². The number of rotatable bonds is 8. The summed E-state index contributed by atoms with van der Waals surface area (Å²) in [5.74, 6) is 0. The highest BCUT2D eigenvalue weighted by atomic mass is 15.2. The van der Waals surface area contributed by atoms with Gasteiger partial charge in [-0.25, -0.2) is 0 Å². The van der Waals surface area contributed by atoms with Gasteiger partial charge in [0.2, 0.25) is 0 Å². The Hall–Kier alpha value is -6.90. The molecule has 0 radical (unpaired) electrons. The molecule has 2 aliphatic carbocycles. The van der Waals surface area contributed by atoms with Crippen LogP contribution in [0.2, 0.25) is 0 Å². The van der Waals surface area contributed by atoms with Crippen LogP contribution in [0.3, 0.4) is 0 Å². The van der Waals surface area contributed by atoms with Gasteiger partial charge >= 0.3 is 0 Å². The molecule has 0 heterocycles. The van der Waals surface area contributed by atoms with Gasteiger partial charge in [-0.2, -0.15) is 0 Å². The molecular weight excluding hydrogens is 677 g/mol. The van der Waals surface area contributed by atoms with Gasteiger partial charge in [-0.05, 0) is 131 Å². The quantitative estimate of drug-likeness (QED) is 0.154. The summed E-state index contributed by atoms with van der Waals surface area (Å²) in [7, 11) is 0. The Morgan fingerprint density at radius 1 is 0.393 bits per heavy atom. The smallest absolute Gasteiger partial charge is 0.0503 e. The van der Waals surface area contributed by atoms with E-state index in [2.05, 4.69) is 218 Å². The van der Waals surface area contributed by atoms with Crippen LogP contribution < -0.4 is 9.80 Å². The van der Waals surface area contributed by atoms with Gasteiger partial charge in [0.15, 0.2) is 0 Å². The molecule has 8 aromatic rings. The van der Waals surface area contributed by atoms with Crippen molar-refractivity contribution in [3.05, 3.63) is 222 Å². The number of nitrogens with zero attached hydrogens (tertiary/aromatic N) is 2. The highest BCUT2D eigenvalue weighted by Gasteiger charge is 2.29. The summed E-state index contributed by atoms with van der Waals surface area (Å²) in [5, 5.41) is 2.65. The second-order valence-corrected chi connectivity index (χ2v) is 15.0. The van der Waals surface area contributed by atoms with Gasteiger partial charge < -0.3 is 9.80 Å². The minimum Gasteiger partial charge on any atom is -0.310 e. The Balaban J connectivity index is 1.12. The molecule has 2 nitrogen and oxygen atoms in total. The third kappa shape index (κ3) is 6.01. The van der Waals surface area contributed by atoms with Gasteiger partial charge in [0.25, 0.3) is 0 Å². The molecule has 0 saturated carbocycles. The predicted octanol–water partition coefficient (Wildman–Crippen LogP) is 14.8. The molecule has 268 valence electrons. The van der Waals surface area contributed by atoms with E-state index in [0.29, 0.717) is 0 Å². The topological polar surface area (TPSA) is 6.48 Å². The van der Waals surface area contributed by atoms with Crippen LogP contribution >= 0.6 is 0 Å². The van der Waals surface area contributed by atoms with Crippen molar-refractivity contribution in [3.63, 3.8) is 0 Å². The largest absolute Gasteiger partial charge is 0.310 e. The van der Waals surface area contributed by atoms with Crippen molar-refractivity contribution in [1.29, 1.82) is 0 Å². The van der Waals surface area contributed by atoms with Crippen molar-refractivity contribution in [2.24, 2.45) is 0 Å². The first kappa shape index (κ1) is 33.7. The molecule has 56 heavy (non-hydrogen) atoms. The number of aryl methyl sites for hydroxylation is 2. The van der Waals surface area contributed by atoms with Crippen molar-refractivity contribution in [2.45, 2.75) is 26.7 Å². The Kier molecular flexibility index (Phi) is 8.45. The molecule has 10 rings (SSSR count). The monoisotopic (exact) mass is 718 g/mol. The third-order valence-corrected chi connectivity index (χ3v) is 11.5. The molecule has 0 aliphatic heterocycles. The maximum atomic E-state index is 2.48. The van der Waals surface area contributed by atoms with Crippen molar-refractivity contribution >= 4 is 50.5 Å². The second-order valence-electron chi connectivity index (χ2n) is 15.0. The van der Waals surface area contributed by atoms with Crippen LogP contribution in [0.5, 0.6) is 0 Å². The van der Waals surface area contributed by atoms with Gasteiger partial charge in [-0.1, -0.05) is 151 Å². The molecule has 0 spiro atoms. The zero-order chi connectivity index (χ0) is 37.6. The third-order valence-electron chi connectivity index (χ3n) is 11.5. The zero-order valence-electron chi connectivity index (χ0n) is 31.8. The summed E-state index contributed by atoms with van der Waals surface area (Å²) < 4.78 is 0. The molecule has 0 amide bonds. The van der Waals surface area contributed by atoms with Gasteiger partial charge in [-0.15, -0.1) is 0 Å². The van der Waals surface area contributed by atoms with Crippen molar-refractivity contribution in [2.75, 3.05) is 9.80 Å². The number of hydrogen-bond acceptors (Lipinski definition) is 2. The molecule has 0 aromatic heterocycles. The fourth-order valence-corrected chi connectivity index (χ4v) is 8.59. The zero-order valence-corrected chi connectivity index (χ0v) is 31.8. The first-order valence-corrected chi connectivity index (χ1v) is 19.6. The van der Waals surface area contributed by atoms with E-state index in [1.54, 1.807) is 0 Å². The first-order chi connectivity index (χ1) is 27.6. The van der Waals surface area contributed by atoms with E-state index in [9.17, 15) is 0 Å². The molecule has 0 bridgehead atoms.